The van der Waals surface area contributed by atoms with E-state index in [0.29, 0.717) is 5.69 Å². The number of carbonyl (C=O) groups excluding carboxylic acids is 1. The molecule has 0 bridgehead atoms. The van der Waals surface area contributed by atoms with Gasteiger partial charge in [-0.2, -0.15) is 5.10 Å². The molecule has 1 N–H and O–H groups in total. The van der Waals surface area contributed by atoms with Crippen LogP contribution in [0.15, 0.2) is 12.3 Å². The lowest BCUT2D eigenvalue weighted by molar-refractivity contribution is 0.0923. The molecular weight excluding hydrogens is 180 g/mol. The molecule has 0 unspecified atom stereocenters. The Kier molecular flexibility index (Phi) is 3.41. The first-order valence-electron chi connectivity index (χ1n) is 4.76. The van der Waals surface area contributed by atoms with E-state index in [-0.39, 0.29) is 24.3 Å². The molecule has 1 atom stereocenters. The summed E-state index contributed by atoms with van der Waals surface area (Å²) in [5.41, 5.74) is 0.571. The molecule has 14 heavy (non-hydrogen) atoms. The summed E-state index contributed by atoms with van der Waals surface area (Å²) in [5.74, 6) is 0.0131. The van der Waals surface area contributed by atoms with Crippen molar-refractivity contribution < 1.29 is 9.90 Å². The van der Waals surface area contributed by atoms with Gasteiger partial charge >= 0.3 is 0 Å². The van der Waals surface area contributed by atoms with Crippen molar-refractivity contribution in [1.82, 2.24) is 9.78 Å². The number of rotatable bonds is 4. The molecule has 78 valence electrons. The van der Waals surface area contributed by atoms with Crippen molar-refractivity contribution in [2.45, 2.75) is 26.8 Å². The van der Waals surface area contributed by atoms with E-state index in [4.69, 9.17) is 5.11 Å². The van der Waals surface area contributed by atoms with Crippen LogP contribution in [-0.4, -0.2) is 27.3 Å². The molecule has 0 amide bonds. The molecule has 0 radical (unpaired) electrons. The Labute approximate surface area is 83.5 Å². The third kappa shape index (κ3) is 2.01. The van der Waals surface area contributed by atoms with Gasteiger partial charge in [-0.3, -0.25) is 9.48 Å². The minimum atomic E-state index is -0.150. The van der Waals surface area contributed by atoms with Crippen LogP contribution in [0.2, 0.25) is 0 Å². The van der Waals surface area contributed by atoms with E-state index < -0.39 is 0 Å². The van der Waals surface area contributed by atoms with Gasteiger partial charge in [0.2, 0.25) is 0 Å². The lowest BCUT2D eigenvalue weighted by atomic mass is 10.1. The molecule has 1 aromatic rings. The fraction of sp³-hybridized carbons (Fsp3) is 0.600. The van der Waals surface area contributed by atoms with Gasteiger partial charge in [-0.05, 0) is 13.0 Å². The summed E-state index contributed by atoms with van der Waals surface area (Å²) in [7, 11) is 0. The SMILES string of the molecule is CC(C)C(=O)c1ccnn1[C@@H](C)CO. The minimum Gasteiger partial charge on any atom is -0.394 e. The number of ketones is 1. The molecule has 0 aliphatic rings. The van der Waals surface area contributed by atoms with Crippen molar-refractivity contribution in [2.75, 3.05) is 6.61 Å². The molecule has 4 heteroatoms. The zero-order valence-electron chi connectivity index (χ0n) is 8.77. The molecule has 0 spiro atoms. The van der Waals surface area contributed by atoms with E-state index in [0.717, 1.165) is 0 Å². The van der Waals surface area contributed by atoms with Crippen molar-refractivity contribution in [1.29, 1.82) is 0 Å². The largest absolute Gasteiger partial charge is 0.394 e. The zero-order valence-corrected chi connectivity index (χ0v) is 8.77. The predicted molar refractivity (Wildman–Crippen MR) is 53.2 cm³/mol. The number of nitrogens with zero attached hydrogens (tertiary/aromatic N) is 2. The molecule has 4 nitrogen and oxygen atoms in total. The first-order chi connectivity index (χ1) is 6.57. The molecule has 1 rings (SSSR count). The van der Waals surface area contributed by atoms with Crippen molar-refractivity contribution in [2.24, 2.45) is 5.92 Å². The fourth-order valence-corrected chi connectivity index (χ4v) is 1.23. The highest BCUT2D eigenvalue weighted by Crippen LogP contribution is 2.12. The van der Waals surface area contributed by atoms with Crippen molar-refractivity contribution in [3.8, 4) is 0 Å². The average Bonchev–Trinajstić information content (AvgIpc) is 2.63. The molecule has 0 aromatic carbocycles. The van der Waals surface area contributed by atoms with Gasteiger partial charge in [0.1, 0.15) is 5.69 Å². The van der Waals surface area contributed by atoms with Crippen LogP contribution >= 0.6 is 0 Å². The van der Waals surface area contributed by atoms with Crippen molar-refractivity contribution in [3.63, 3.8) is 0 Å². The van der Waals surface area contributed by atoms with E-state index in [1.54, 1.807) is 16.9 Å². The molecule has 0 aliphatic carbocycles. The maximum Gasteiger partial charge on any atom is 0.183 e. The number of aliphatic hydroxyl groups excluding tert-OH is 1. The molecule has 1 aromatic heterocycles. The number of hydrogen-bond acceptors (Lipinski definition) is 3. The molecule has 0 aliphatic heterocycles. The Bertz CT molecular complexity index is 318. The highest BCUT2D eigenvalue weighted by Gasteiger charge is 2.17. The van der Waals surface area contributed by atoms with Gasteiger partial charge in [-0.15, -0.1) is 0 Å². The van der Waals surface area contributed by atoms with Crippen LogP contribution in [0.1, 0.15) is 37.3 Å². The molecular formula is C10H16N2O2. The zero-order chi connectivity index (χ0) is 10.7. The summed E-state index contributed by atoms with van der Waals surface area (Å²) in [6.07, 6.45) is 1.59. The summed E-state index contributed by atoms with van der Waals surface area (Å²) in [6.45, 7) is 5.51. The smallest absolute Gasteiger partial charge is 0.183 e. The van der Waals surface area contributed by atoms with Crippen LogP contribution in [0.5, 0.6) is 0 Å². The molecule has 0 fully saturated rings. The lowest BCUT2D eigenvalue weighted by Gasteiger charge is -2.13. The van der Waals surface area contributed by atoms with Crippen LogP contribution < -0.4 is 0 Å². The standard InChI is InChI=1S/C10H16N2O2/c1-7(2)10(14)9-4-5-11-12(9)8(3)6-13/h4-5,7-8,13H,6H2,1-3H3/t8-/m0/s1. The van der Waals surface area contributed by atoms with Gasteiger partial charge < -0.3 is 5.11 Å². The van der Waals surface area contributed by atoms with Gasteiger partial charge in [0.15, 0.2) is 5.78 Å². The third-order valence-corrected chi connectivity index (χ3v) is 2.13. The number of hydrogen-bond donors (Lipinski definition) is 1. The van der Waals surface area contributed by atoms with E-state index in [1.807, 2.05) is 20.8 Å². The molecule has 0 saturated heterocycles. The second-order valence-electron chi connectivity index (χ2n) is 3.71. The maximum atomic E-state index is 11.7. The van der Waals surface area contributed by atoms with Crippen LogP contribution in [0.4, 0.5) is 0 Å². The lowest BCUT2D eigenvalue weighted by Crippen LogP contribution is -2.19. The summed E-state index contributed by atoms with van der Waals surface area (Å²) < 4.78 is 1.57. The Balaban J connectivity index is 2.98. The summed E-state index contributed by atoms with van der Waals surface area (Å²) in [5, 5.41) is 13.0. The Morgan fingerprint density at radius 2 is 2.21 bits per heavy atom. The van der Waals surface area contributed by atoms with E-state index >= 15 is 0 Å². The predicted octanol–water partition coefficient (Wildman–Crippen LogP) is 1.28. The highest BCUT2D eigenvalue weighted by molar-refractivity contribution is 5.95. The van der Waals surface area contributed by atoms with Crippen LogP contribution in [0.3, 0.4) is 0 Å². The first kappa shape index (κ1) is 10.9. The molecule has 0 saturated carbocycles. The van der Waals surface area contributed by atoms with E-state index in [1.165, 1.54) is 0 Å². The number of aromatic nitrogens is 2. The third-order valence-electron chi connectivity index (χ3n) is 2.13. The van der Waals surface area contributed by atoms with Gasteiger partial charge in [-0.25, -0.2) is 0 Å². The molecule has 1 heterocycles. The highest BCUT2D eigenvalue weighted by atomic mass is 16.3. The van der Waals surface area contributed by atoms with Crippen molar-refractivity contribution in [3.05, 3.63) is 18.0 Å². The van der Waals surface area contributed by atoms with Gasteiger partial charge in [-0.1, -0.05) is 13.8 Å². The normalized spacial score (nSPS) is 13.2. The Morgan fingerprint density at radius 3 is 2.71 bits per heavy atom. The van der Waals surface area contributed by atoms with E-state index in [9.17, 15) is 4.79 Å². The van der Waals surface area contributed by atoms with E-state index in [2.05, 4.69) is 5.10 Å². The van der Waals surface area contributed by atoms with Gasteiger partial charge in [0.05, 0.1) is 12.6 Å². The topological polar surface area (TPSA) is 55.1 Å². The first-order valence-corrected chi connectivity index (χ1v) is 4.76. The van der Waals surface area contributed by atoms with Crippen LogP contribution in [0.25, 0.3) is 0 Å². The Hall–Kier alpha value is -1.16. The number of aliphatic hydroxyl groups is 1. The van der Waals surface area contributed by atoms with Crippen LogP contribution in [0, 0.1) is 5.92 Å². The summed E-state index contributed by atoms with van der Waals surface area (Å²) >= 11 is 0. The monoisotopic (exact) mass is 196 g/mol. The average molecular weight is 196 g/mol. The fourth-order valence-electron chi connectivity index (χ4n) is 1.23. The quantitative estimate of drug-likeness (QED) is 0.738. The second kappa shape index (κ2) is 4.37. The second-order valence-corrected chi connectivity index (χ2v) is 3.71. The minimum absolute atomic E-state index is 0.0138. The maximum absolute atomic E-state index is 11.7. The van der Waals surface area contributed by atoms with Crippen LogP contribution in [-0.2, 0) is 0 Å². The Morgan fingerprint density at radius 1 is 1.57 bits per heavy atom. The van der Waals surface area contributed by atoms with Gasteiger partial charge in [0, 0.05) is 12.1 Å². The van der Waals surface area contributed by atoms with Gasteiger partial charge in [0.25, 0.3) is 0 Å². The summed E-state index contributed by atoms with van der Waals surface area (Å²) in [6, 6.07) is 1.54. The summed E-state index contributed by atoms with van der Waals surface area (Å²) in [4.78, 5) is 11.7. The van der Waals surface area contributed by atoms with Crippen molar-refractivity contribution >= 4 is 5.78 Å². The number of Topliss-reactive ketones (excluding diaryl/α,β-unsaturated/α-hetero) is 1. The number of carbonyl (C=O) groups is 1.